The number of carbonyl (C=O) groups excluding carboxylic acids is 1. The van der Waals surface area contributed by atoms with E-state index in [1.54, 1.807) is 0 Å². The van der Waals surface area contributed by atoms with Gasteiger partial charge in [0.1, 0.15) is 0 Å². The lowest BCUT2D eigenvalue weighted by Crippen LogP contribution is -2.54. The van der Waals surface area contributed by atoms with E-state index in [1.165, 1.54) is 0 Å². The quantitative estimate of drug-likeness (QED) is 0.872. The maximum atomic E-state index is 12.7. The van der Waals surface area contributed by atoms with Crippen LogP contribution in [0.1, 0.15) is 0 Å². The van der Waals surface area contributed by atoms with Gasteiger partial charge in [0.25, 0.3) is 0 Å². The zero-order valence-corrected chi connectivity index (χ0v) is 15.3. The van der Waals surface area contributed by atoms with E-state index >= 15 is 0 Å². The lowest BCUT2D eigenvalue weighted by molar-refractivity contribution is 0.0113. The molecular formula is C21H25N3O3. The van der Waals surface area contributed by atoms with E-state index in [0.717, 1.165) is 43.1 Å². The van der Waals surface area contributed by atoms with Crippen molar-refractivity contribution in [3.05, 3.63) is 54.6 Å². The lowest BCUT2D eigenvalue weighted by atomic mass is 10.0. The molecule has 0 spiro atoms. The van der Waals surface area contributed by atoms with Crippen LogP contribution in [-0.4, -0.2) is 62.5 Å². The van der Waals surface area contributed by atoms with Gasteiger partial charge in [-0.1, -0.05) is 48.5 Å². The molecule has 0 unspecified atom stereocenters. The topological polar surface area (TPSA) is 62.8 Å². The van der Waals surface area contributed by atoms with Crippen molar-refractivity contribution < 1.29 is 14.3 Å². The SMILES string of the molecule is O=C(Nc1ccccc1-c1ccccc1)N[C@@H]1COC[C@H]1N1CCOCC1. The molecule has 2 aromatic carbocycles. The molecule has 2 aliphatic heterocycles. The number of nitrogens with one attached hydrogen (secondary N) is 2. The Hall–Kier alpha value is -2.41. The number of benzene rings is 2. The number of nitrogens with zero attached hydrogens (tertiary/aromatic N) is 1. The summed E-state index contributed by atoms with van der Waals surface area (Å²) in [7, 11) is 0. The van der Waals surface area contributed by atoms with Crippen LogP contribution in [0.25, 0.3) is 11.1 Å². The van der Waals surface area contributed by atoms with Crippen LogP contribution in [0.15, 0.2) is 54.6 Å². The Balaban J connectivity index is 1.42. The second kappa shape index (κ2) is 8.52. The van der Waals surface area contributed by atoms with Gasteiger partial charge in [-0.3, -0.25) is 4.90 Å². The van der Waals surface area contributed by atoms with Gasteiger partial charge in [-0.2, -0.15) is 0 Å². The number of anilines is 1. The predicted octanol–water partition coefficient (Wildman–Crippen LogP) is 2.57. The van der Waals surface area contributed by atoms with E-state index in [1.807, 2.05) is 54.6 Å². The first kappa shape index (κ1) is 18.0. The standard InChI is InChI=1S/C21H25N3O3/c25-21(23-19-14-27-15-20(19)24-10-12-26-13-11-24)22-18-9-5-4-8-17(18)16-6-2-1-3-7-16/h1-9,19-20H,10-15H2,(H2,22,23,25)/t19-,20-/m1/s1. The van der Waals surface area contributed by atoms with Gasteiger partial charge in [0.15, 0.2) is 0 Å². The van der Waals surface area contributed by atoms with Crippen molar-refractivity contribution in [1.82, 2.24) is 10.2 Å². The molecule has 2 saturated heterocycles. The number of para-hydroxylation sites is 1. The molecule has 2 atom stereocenters. The molecule has 142 valence electrons. The summed E-state index contributed by atoms with van der Waals surface area (Å²) in [5.74, 6) is 0. The summed E-state index contributed by atoms with van der Waals surface area (Å²) in [6, 6.07) is 17.9. The Morgan fingerprint density at radius 2 is 1.67 bits per heavy atom. The highest BCUT2D eigenvalue weighted by Crippen LogP contribution is 2.27. The smallest absolute Gasteiger partial charge is 0.319 e. The van der Waals surface area contributed by atoms with E-state index in [4.69, 9.17) is 9.47 Å². The molecule has 2 fully saturated rings. The zero-order valence-electron chi connectivity index (χ0n) is 15.3. The number of ether oxygens (including phenoxy) is 2. The van der Waals surface area contributed by atoms with Crippen LogP contribution in [-0.2, 0) is 9.47 Å². The van der Waals surface area contributed by atoms with Crippen LogP contribution in [0.5, 0.6) is 0 Å². The van der Waals surface area contributed by atoms with Gasteiger partial charge < -0.3 is 20.1 Å². The molecule has 2 heterocycles. The van der Waals surface area contributed by atoms with Crippen molar-refractivity contribution in [1.29, 1.82) is 0 Å². The molecular weight excluding hydrogens is 342 g/mol. The first-order valence-electron chi connectivity index (χ1n) is 9.43. The normalized spacial score (nSPS) is 23.1. The average Bonchev–Trinajstić information content (AvgIpc) is 3.17. The molecule has 0 radical (unpaired) electrons. The fourth-order valence-corrected chi connectivity index (χ4v) is 3.74. The van der Waals surface area contributed by atoms with Crippen molar-refractivity contribution in [2.75, 3.05) is 44.8 Å². The monoisotopic (exact) mass is 367 g/mol. The summed E-state index contributed by atoms with van der Waals surface area (Å²) in [6.07, 6.45) is 0. The van der Waals surface area contributed by atoms with Gasteiger partial charge in [-0.25, -0.2) is 4.79 Å². The van der Waals surface area contributed by atoms with Gasteiger partial charge in [-0.15, -0.1) is 0 Å². The number of carbonyl (C=O) groups is 1. The maximum absolute atomic E-state index is 12.7. The van der Waals surface area contributed by atoms with Crippen molar-refractivity contribution in [3.8, 4) is 11.1 Å². The highest BCUT2D eigenvalue weighted by Gasteiger charge is 2.34. The second-order valence-electron chi connectivity index (χ2n) is 6.87. The molecule has 0 saturated carbocycles. The fraction of sp³-hybridized carbons (Fsp3) is 0.381. The average molecular weight is 367 g/mol. The molecule has 0 bridgehead atoms. The largest absolute Gasteiger partial charge is 0.379 e. The van der Waals surface area contributed by atoms with Crippen LogP contribution in [0.4, 0.5) is 10.5 Å². The number of urea groups is 1. The van der Waals surface area contributed by atoms with E-state index < -0.39 is 0 Å². The molecule has 2 aliphatic rings. The number of hydrogen-bond acceptors (Lipinski definition) is 4. The molecule has 27 heavy (non-hydrogen) atoms. The Kier molecular flexibility index (Phi) is 5.67. The summed E-state index contributed by atoms with van der Waals surface area (Å²) in [4.78, 5) is 15.0. The number of rotatable bonds is 4. The van der Waals surface area contributed by atoms with E-state index in [0.29, 0.717) is 13.2 Å². The minimum absolute atomic E-state index is 0.0213. The van der Waals surface area contributed by atoms with Crippen LogP contribution in [0, 0.1) is 0 Å². The molecule has 2 amide bonds. The van der Waals surface area contributed by atoms with Crippen LogP contribution in [0.2, 0.25) is 0 Å². The van der Waals surface area contributed by atoms with E-state index in [9.17, 15) is 4.79 Å². The minimum atomic E-state index is -0.202. The Labute approximate surface area is 159 Å². The zero-order chi connectivity index (χ0) is 18.5. The third-order valence-corrected chi connectivity index (χ3v) is 5.14. The fourth-order valence-electron chi connectivity index (χ4n) is 3.74. The van der Waals surface area contributed by atoms with Gasteiger partial charge in [0.2, 0.25) is 0 Å². The molecule has 0 aliphatic carbocycles. The third kappa shape index (κ3) is 4.30. The van der Waals surface area contributed by atoms with Crippen LogP contribution < -0.4 is 10.6 Å². The van der Waals surface area contributed by atoms with Gasteiger partial charge in [0.05, 0.1) is 44.2 Å². The summed E-state index contributed by atoms with van der Waals surface area (Å²) in [5, 5.41) is 6.11. The Bertz CT molecular complexity index is 762. The summed E-state index contributed by atoms with van der Waals surface area (Å²) in [6.45, 7) is 4.41. The van der Waals surface area contributed by atoms with Gasteiger partial charge in [0, 0.05) is 18.7 Å². The lowest BCUT2D eigenvalue weighted by Gasteiger charge is -2.34. The predicted molar refractivity (Wildman–Crippen MR) is 105 cm³/mol. The van der Waals surface area contributed by atoms with Crippen LogP contribution >= 0.6 is 0 Å². The first-order chi connectivity index (χ1) is 13.3. The van der Waals surface area contributed by atoms with E-state index in [2.05, 4.69) is 15.5 Å². The first-order valence-corrected chi connectivity index (χ1v) is 9.43. The number of hydrogen-bond donors (Lipinski definition) is 2. The molecule has 2 N–H and O–H groups in total. The maximum Gasteiger partial charge on any atom is 0.319 e. The van der Waals surface area contributed by atoms with Crippen molar-refractivity contribution in [2.45, 2.75) is 12.1 Å². The molecule has 2 aromatic rings. The van der Waals surface area contributed by atoms with Crippen molar-refractivity contribution in [2.24, 2.45) is 0 Å². The third-order valence-electron chi connectivity index (χ3n) is 5.14. The van der Waals surface area contributed by atoms with Crippen LogP contribution in [0.3, 0.4) is 0 Å². The van der Waals surface area contributed by atoms with Gasteiger partial charge >= 0.3 is 6.03 Å². The van der Waals surface area contributed by atoms with Crippen molar-refractivity contribution in [3.63, 3.8) is 0 Å². The minimum Gasteiger partial charge on any atom is -0.379 e. The molecule has 0 aromatic heterocycles. The summed E-state index contributed by atoms with van der Waals surface area (Å²) >= 11 is 0. The number of morpholine rings is 1. The highest BCUT2D eigenvalue weighted by atomic mass is 16.5. The van der Waals surface area contributed by atoms with Crippen molar-refractivity contribution >= 4 is 11.7 Å². The summed E-state index contributed by atoms with van der Waals surface area (Å²) < 4.78 is 11.1. The Morgan fingerprint density at radius 1 is 0.926 bits per heavy atom. The summed E-state index contributed by atoms with van der Waals surface area (Å²) in [5.41, 5.74) is 2.87. The molecule has 4 rings (SSSR count). The molecule has 6 nitrogen and oxygen atoms in total. The second-order valence-corrected chi connectivity index (χ2v) is 6.87. The number of amides is 2. The van der Waals surface area contributed by atoms with E-state index in [-0.39, 0.29) is 18.1 Å². The highest BCUT2D eigenvalue weighted by molar-refractivity contribution is 5.94. The Morgan fingerprint density at radius 3 is 2.48 bits per heavy atom. The van der Waals surface area contributed by atoms with Gasteiger partial charge in [-0.05, 0) is 11.6 Å². The molecule has 6 heteroatoms.